The molecule has 1 N–H and O–H groups in total. The van der Waals surface area contributed by atoms with Crippen LogP contribution in [-0.4, -0.2) is 61.4 Å². The number of ether oxygens (including phenoxy) is 1. The zero-order valence-electron chi connectivity index (χ0n) is 13.0. The van der Waals surface area contributed by atoms with Crippen LogP contribution in [0, 0.1) is 6.92 Å². The van der Waals surface area contributed by atoms with Gasteiger partial charge in [-0.05, 0) is 24.7 Å². The molecule has 1 aliphatic rings. The van der Waals surface area contributed by atoms with E-state index in [0.29, 0.717) is 6.61 Å². The molecule has 0 spiro atoms. The number of benzene rings is 1. The second-order valence-corrected chi connectivity index (χ2v) is 5.86. The van der Waals surface area contributed by atoms with Crippen LogP contribution in [0.5, 0.6) is 0 Å². The second kappa shape index (κ2) is 8.32. The summed E-state index contributed by atoms with van der Waals surface area (Å²) in [5.74, 6) is 0. The maximum Gasteiger partial charge on any atom is 0.169 e. The number of nitrogens with zero attached hydrogens (tertiary/aromatic N) is 2. The van der Waals surface area contributed by atoms with Gasteiger partial charge >= 0.3 is 0 Å². The third-order valence-corrected chi connectivity index (χ3v) is 4.13. The third-order valence-electron chi connectivity index (χ3n) is 3.73. The van der Waals surface area contributed by atoms with Crippen molar-refractivity contribution in [3.05, 3.63) is 35.4 Å². The summed E-state index contributed by atoms with van der Waals surface area (Å²) in [7, 11) is 1.70. The van der Waals surface area contributed by atoms with E-state index >= 15 is 0 Å². The lowest BCUT2D eigenvalue weighted by Gasteiger charge is -2.36. The van der Waals surface area contributed by atoms with Gasteiger partial charge in [0.2, 0.25) is 0 Å². The molecule has 1 fully saturated rings. The summed E-state index contributed by atoms with van der Waals surface area (Å²) in [6.07, 6.45) is 0. The van der Waals surface area contributed by atoms with Crippen LogP contribution in [0.25, 0.3) is 0 Å². The Hall–Kier alpha value is -1.17. The topological polar surface area (TPSA) is 27.7 Å². The molecule has 0 unspecified atom stereocenters. The van der Waals surface area contributed by atoms with Gasteiger partial charge in [-0.3, -0.25) is 4.90 Å². The van der Waals surface area contributed by atoms with E-state index in [1.165, 1.54) is 11.1 Å². The van der Waals surface area contributed by atoms with Gasteiger partial charge in [-0.25, -0.2) is 0 Å². The van der Waals surface area contributed by atoms with Crippen molar-refractivity contribution in [2.24, 2.45) is 0 Å². The molecule has 0 amide bonds. The minimum absolute atomic E-state index is 0.688. The van der Waals surface area contributed by atoms with Crippen molar-refractivity contribution in [2.45, 2.75) is 13.5 Å². The number of hydrogen-bond donors (Lipinski definition) is 1. The van der Waals surface area contributed by atoms with E-state index in [1.807, 2.05) is 0 Å². The maximum atomic E-state index is 5.41. The fraction of sp³-hybridized carbons (Fsp3) is 0.562. The fourth-order valence-corrected chi connectivity index (χ4v) is 2.83. The molecule has 0 saturated carbocycles. The van der Waals surface area contributed by atoms with Crippen molar-refractivity contribution in [3.63, 3.8) is 0 Å². The van der Waals surface area contributed by atoms with E-state index < -0.39 is 0 Å². The third kappa shape index (κ3) is 5.26. The largest absolute Gasteiger partial charge is 0.383 e. The average Bonchev–Trinajstić information content (AvgIpc) is 2.48. The van der Waals surface area contributed by atoms with E-state index in [9.17, 15) is 0 Å². The second-order valence-electron chi connectivity index (χ2n) is 5.48. The number of nitrogens with one attached hydrogen (secondary N) is 1. The molecular weight excluding hydrogens is 282 g/mol. The number of rotatable bonds is 5. The molecule has 1 heterocycles. The van der Waals surface area contributed by atoms with E-state index in [4.69, 9.17) is 17.0 Å². The Balaban J connectivity index is 1.74. The highest BCUT2D eigenvalue weighted by Crippen LogP contribution is 2.10. The van der Waals surface area contributed by atoms with Crippen LogP contribution in [-0.2, 0) is 11.3 Å². The van der Waals surface area contributed by atoms with Gasteiger partial charge in [-0.1, -0.05) is 29.8 Å². The van der Waals surface area contributed by atoms with Crippen molar-refractivity contribution < 1.29 is 4.74 Å². The van der Waals surface area contributed by atoms with E-state index in [2.05, 4.69) is 46.3 Å². The van der Waals surface area contributed by atoms with Gasteiger partial charge in [-0.2, -0.15) is 0 Å². The monoisotopic (exact) mass is 307 g/mol. The van der Waals surface area contributed by atoms with Crippen LogP contribution in [0.15, 0.2) is 24.3 Å². The Bertz CT molecular complexity index is 459. The molecule has 0 bridgehead atoms. The lowest BCUT2D eigenvalue weighted by molar-refractivity contribution is 0.172. The summed E-state index contributed by atoms with van der Waals surface area (Å²) in [5, 5.41) is 4.09. The van der Waals surface area contributed by atoms with Crippen LogP contribution in [0.2, 0.25) is 0 Å². The van der Waals surface area contributed by atoms with Gasteiger partial charge < -0.3 is 15.0 Å². The molecule has 5 heteroatoms. The standard InChI is InChI=1S/C16H25N3OS/c1-14-4-3-5-15(12-14)13-18-7-9-19(10-8-18)16(21)17-6-11-20-2/h3-5,12H,6-11,13H2,1-2H3,(H,17,21). The minimum Gasteiger partial charge on any atom is -0.383 e. The maximum absolute atomic E-state index is 5.41. The summed E-state index contributed by atoms with van der Waals surface area (Å²) >= 11 is 5.41. The zero-order valence-corrected chi connectivity index (χ0v) is 13.8. The van der Waals surface area contributed by atoms with E-state index in [1.54, 1.807) is 7.11 Å². The Morgan fingerprint density at radius 1 is 1.29 bits per heavy atom. The number of hydrogen-bond acceptors (Lipinski definition) is 3. The molecular formula is C16H25N3OS. The van der Waals surface area contributed by atoms with Crippen LogP contribution in [0.1, 0.15) is 11.1 Å². The van der Waals surface area contributed by atoms with Crippen LogP contribution in [0.3, 0.4) is 0 Å². The fourth-order valence-electron chi connectivity index (χ4n) is 2.55. The highest BCUT2D eigenvalue weighted by Gasteiger charge is 2.18. The SMILES string of the molecule is COCCNC(=S)N1CCN(Cc2cccc(C)c2)CC1. The first kappa shape index (κ1) is 16.2. The van der Waals surface area contributed by atoms with Crippen LogP contribution < -0.4 is 5.32 Å². The number of methoxy groups -OCH3 is 1. The summed E-state index contributed by atoms with van der Waals surface area (Å²) in [6.45, 7) is 8.73. The quantitative estimate of drug-likeness (QED) is 0.659. The molecule has 0 aliphatic carbocycles. The van der Waals surface area contributed by atoms with Gasteiger partial charge in [0.05, 0.1) is 6.61 Å². The van der Waals surface area contributed by atoms with E-state index in [-0.39, 0.29) is 0 Å². The van der Waals surface area contributed by atoms with Gasteiger partial charge in [0.1, 0.15) is 0 Å². The van der Waals surface area contributed by atoms with E-state index in [0.717, 1.165) is 44.4 Å². The lowest BCUT2D eigenvalue weighted by Crippen LogP contribution is -2.51. The average molecular weight is 307 g/mol. The smallest absolute Gasteiger partial charge is 0.169 e. The molecule has 21 heavy (non-hydrogen) atoms. The Morgan fingerprint density at radius 2 is 2.05 bits per heavy atom. The summed E-state index contributed by atoms with van der Waals surface area (Å²) in [5.41, 5.74) is 2.72. The molecule has 116 valence electrons. The normalized spacial score (nSPS) is 16.0. The van der Waals surface area contributed by atoms with Crippen molar-refractivity contribution in [3.8, 4) is 0 Å². The molecule has 1 aromatic carbocycles. The van der Waals surface area contributed by atoms with Crippen molar-refractivity contribution in [1.29, 1.82) is 0 Å². The van der Waals surface area contributed by atoms with Gasteiger partial charge in [0, 0.05) is 46.4 Å². The molecule has 4 nitrogen and oxygen atoms in total. The predicted octanol–water partition coefficient (Wildman–Crippen LogP) is 1.63. The highest BCUT2D eigenvalue weighted by molar-refractivity contribution is 7.80. The van der Waals surface area contributed by atoms with Crippen molar-refractivity contribution >= 4 is 17.3 Å². The first-order chi connectivity index (χ1) is 10.2. The first-order valence-electron chi connectivity index (χ1n) is 7.48. The van der Waals surface area contributed by atoms with Crippen molar-refractivity contribution in [1.82, 2.24) is 15.1 Å². The molecule has 0 atom stereocenters. The first-order valence-corrected chi connectivity index (χ1v) is 7.89. The van der Waals surface area contributed by atoms with Gasteiger partial charge in [0.15, 0.2) is 5.11 Å². The Morgan fingerprint density at radius 3 is 2.71 bits per heavy atom. The highest BCUT2D eigenvalue weighted by atomic mass is 32.1. The van der Waals surface area contributed by atoms with Crippen molar-refractivity contribution in [2.75, 3.05) is 46.4 Å². The predicted molar refractivity (Wildman–Crippen MR) is 90.5 cm³/mol. The van der Waals surface area contributed by atoms with Gasteiger partial charge in [-0.15, -0.1) is 0 Å². The molecule has 0 radical (unpaired) electrons. The summed E-state index contributed by atoms with van der Waals surface area (Å²) in [6, 6.07) is 8.75. The lowest BCUT2D eigenvalue weighted by atomic mass is 10.1. The number of piperazine rings is 1. The molecule has 2 rings (SSSR count). The Kier molecular flexibility index (Phi) is 6.42. The summed E-state index contributed by atoms with van der Waals surface area (Å²) < 4.78 is 5.02. The minimum atomic E-state index is 0.688. The molecule has 1 aliphatic heterocycles. The number of thiocarbonyl (C=S) groups is 1. The van der Waals surface area contributed by atoms with Gasteiger partial charge in [0.25, 0.3) is 0 Å². The Labute approximate surface area is 133 Å². The molecule has 1 aromatic rings. The molecule has 1 saturated heterocycles. The van der Waals surface area contributed by atoms with Crippen LogP contribution in [0.4, 0.5) is 0 Å². The zero-order chi connectivity index (χ0) is 15.1. The molecule has 0 aromatic heterocycles. The van der Waals surface area contributed by atoms with Crippen LogP contribution >= 0.6 is 12.2 Å². The number of aryl methyl sites for hydroxylation is 1. The summed E-state index contributed by atoms with van der Waals surface area (Å²) in [4.78, 5) is 4.74.